The molecule has 0 amide bonds. The van der Waals surface area contributed by atoms with Crippen molar-refractivity contribution in [1.82, 2.24) is 0 Å². The van der Waals surface area contributed by atoms with Crippen molar-refractivity contribution >= 4 is 15.9 Å². The van der Waals surface area contributed by atoms with Gasteiger partial charge in [0, 0.05) is 16.5 Å². The second-order valence-electron chi connectivity index (χ2n) is 4.99. The van der Waals surface area contributed by atoms with E-state index in [0.717, 1.165) is 27.8 Å². The van der Waals surface area contributed by atoms with Crippen LogP contribution in [0.5, 0.6) is 5.75 Å². The molecule has 0 radical (unpaired) electrons. The van der Waals surface area contributed by atoms with Crippen molar-refractivity contribution in [2.24, 2.45) is 0 Å². The summed E-state index contributed by atoms with van der Waals surface area (Å²) in [6, 6.07) is 8.28. The fourth-order valence-corrected chi connectivity index (χ4v) is 3.10. The molecule has 0 saturated carbocycles. The van der Waals surface area contributed by atoms with Gasteiger partial charge >= 0.3 is 0 Å². The van der Waals surface area contributed by atoms with E-state index in [1.54, 1.807) is 6.07 Å². The number of aliphatic hydroxyl groups is 1. The fourth-order valence-electron chi connectivity index (χ4n) is 2.57. The number of hydrogen-bond donors (Lipinski definition) is 1. The van der Waals surface area contributed by atoms with E-state index in [-0.39, 0.29) is 5.82 Å². The van der Waals surface area contributed by atoms with Gasteiger partial charge in [0.05, 0.1) is 6.61 Å². The monoisotopic (exact) mass is 336 g/mol. The van der Waals surface area contributed by atoms with Crippen LogP contribution in [0.15, 0.2) is 34.8 Å². The van der Waals surface area contributed by atoms with Crippen LogP contribution in [0.3, 0.4) is 0 Å². The topological polar surface area (TPSA) is 29.5 Å². The molecule has 104 valence electrons. The smallest absolute Gasteiger partial charge is 0.128 e. The molecular weight excluding hydrogens is 323 g/mol. The van der Waals surface area contributed by atoms with Crippen molar-refractivity contribution in [2.75, 3.05) is 6.61 Å². The molecule has 1 atom stereocenters. The number of hydrogen-bond acceptors (Lipinski definition) is 2. The average molecular weight is 337 g/mol. The van der Waals surface area contributed by atoms with Gasteiger partial charge in [0.15, 0.2) is 0 Å². The van der Waals surface area contributed by atoms with Gasteiger partial charge < -0.3 is 9.84 Å². The van der Waals surface area contributed by atoms with Crippen molar-refractivity contribution < 1.29 is 14.2 Å². The summed E-state index contributed by atoms with van der Waals surface area (Å²) in [6.45, 7) is 2.48. The van der Waals surface area contributed by atoms with Crippen molar-refractivity contribution in [2.45, 2.75) is 19.4 Å². The molecule has 0 spiro atoms. The van der Waals surface area contributed by atoms with Crippen LogP contribution in [0, 0.1) is 12.7 Å². The number of benzene rings is 2. The van der Waals surface area contributed by atoms with Gasteiger partial charge in [-0.05, 0) is 47.9 Å². The van der Waals surface area contributed by atoms with Crippen LogP contribution in [0.25, 0.3) is 0 Å². The Morgan fingerprint density at radius 3 is 2.85 bits per heavy atom. The molecule has 2 aromatic carbocycles. The molecular formula is C16H14BrFO2. The molecule has 0 bridgehead atoms. The van der Waals surface area contributed by atoms with Gasteiger partial charge in [-0.3, -0.25) is 0 Å². The quantitative estimate of drug-likeness (QED) is 0.900. The van der Waals surface area contributed by atoms with Crippen LogP contribution >= 0.6 is 15.9 Å². The van der Waals surface area contributed by atoms with Crippen LogP contribution in [0.2, 0.25) is 0 Å². The third-order valence-electron chi connectivity index (χ3n) is 3.61. The first-order valence-electron chi connectivity index (χ1n) is 6.45. The summed E-state index contributed by atoms with van der Waals surface area (Å²) in [5.41, 5.74) is 3.18. The zero-order valence-corrected chi connectivity index (χ0v) is 12.6. The van der Waals surface area contributed by atoms with E-state index in [9.17, 15) is 9.50 Å². The SMILES string of the molecule is Cc1ccc(F)cc1C(O)c1cc(Br)cc2c1OCC2. The molecule has 1 heterocycles. The summed E-state index contributed by atoms with van der Waals surface area (Å²) in [4.78, 5) is 0. The molecule has 1 N–H and O–H groups in total. The summed E-state index contributed by atoms with van der Waals surface area (Å²) in [5, 5.41) is 10.6. The van der Waals surface area contributed by atoms with Gasteiger partial charge in [-0.15, -0.1) is 0 Å². The highest BCUT2D eigenvalue weighted by molar-refractivity contribution is 9.10. The predicted octanol–water partition coefficient (Wildman–Crippen LogP) is 3.91. The maximum atomic E-state index is 13.4. The highest BCUT2D eigenvalue weighted by Crippen LogP contribution is 2.39. The van der Waals surface area contributed by atoms with Crippen LogP contribution in [0.4, 0.5) is 4.39 Å². The molecule has 1 unspecified atom stereocenters. The lowest BCUT2D eigenvalue weighted by atomic mass is 9.95. The van der Waals surface area contributed by atoms with E-state index in [1.165, 1.54) is 12.1 Å². The minimum absolute atomic E-state index is 0.350. The summed E-state index contributed by atoms with van der Waals surface area (Å²) in [6.07, 6.45) is -0.0635. The number of aryl methyl sites for hydroxylation is 1. The Hall–Kier alpha value is -1.39. The molecule has 1 aliphatic heterocycles. The van der Waals surface area contributed by atoms with Crippen molar-refractivity contribution in [1.29, 1.82) is 0 Å². The van der Waals surface area contributed by atoms with Gasteiger partial charge in [0.25, 0.3) is 0 Å². The number of fused-ring (bicyclic) bond motifs is 1. The lowest BCUT2D eigenvalue weighted by molar-refractivity contribution is 0.212. The molecule has 0 aliphatic carbocycles. The van der Waals surface area contributed by atoms with Gasteiger partial charge in [-0.25, -0.2) is 4.39 Å². The van der Waals surface area contributed by atoms with Crippen molar-refractivity contribution in [3.8, 4) is 5.75 Å². The maximum Gasteiger partial charge on any atom is 0.128 e. The van der Waals surface area contributed by atoms with Gasteiger partial charge in [0.1, 0.15) is 17.7 Å². The zero-order chi connectivity index (χ0) is 14.3. The molecule has 1 aliphatic rings. The highest BCUT2D eigenvalue weighted by Gasteiger charge is 2.24. The van der Waals surface area contributed by atoms with Crippen molar-refractivity contribution in [3.63, 3.8) is 0 Å². The van der Waals surface area contributed by atoms with E-state index in [0.29, 0.717) is 17.7 Å². The number of aliphatic hydroxyl groups excluding tert-OH is 1. The minimum Gasteiger partial charge on any atom is -0.493 e. The van der Waals surface area contributed by atoms with E-state index in [1.807, 2.05) is 19.1 Å². The Balaban J connectivity index is 2.11. The van der Waals surface area contributed by atoms with E-state index in [2.05, 4.69) is 15.9 Å². The molecule has 0 aromatic heterocycles. The number of halogens is 2. The predicted molar refractivity (Wildman–Crippen MR) is 78.5 cm³/mol. The van der Waals surface area contributed by atoms with E-state index < -0.39 is 6.10 Å². The minimum atomic E-state index is -0.893. The third-order valence-corrected chi connectivity index (χ3v) is 4.07. The van der Waals surface area contributed by atoms with Gasteiger partial charge in [0.2, 0.25) is 0 Å². The lowest BCUT2D eigenvalue weighted by Crippen LogP contribution is -2.05. The van der Waals surface area contributed by atoms with Crippen LogP contribution in [0.1, 0.15) is 28.4 Å². The summed E-state index contributed by atoms with van der Waals surface area (Å²) in [5.74, 6) is 0.376. The molecule has 0 fully saturated rings. The van der Waals surface area contributed by atoms with Crippen LogP contribution in [-0.2, 0) is 6.42 Å². The fraction of sp³-hybridized carbons (Fsp3) is 0.250. The molecule has 3 rings (SSSR count). The first-order valence-corrected chi connectivity index (χ1v) is 7.25. The second-order valence-corrected chi connectivity index (χ2v) is 5.90. The normalized spacial score (nSPS) is 14.8. The molecule has 20 heavy (non-hydrogen) atoms. The molecule has 2 aromatic rings. The van der Waals surface area contributed by atoms with Gasteiger partial charge in [-0.2, -0.15) is 0 Å². The first-order chi connectivity index (χ1) is 9.56. The Kier molecular flexibility index (Phi) is 3.52. The lowest BCUT2D eigenvalue weighted by Gasteiger charge is -2.17. The molecule has 2 nitrogen and oxygen atoms in total. The Bertz CT molecular complexity index is 670. The van der Waals surface area contributed by atoms with E-state index >= 15 is 0 Å². The van der Waals surface area contributed by atoms with Crippen molar-refractivity contribution in [3.05, 3.63) is 62.9 Å². The highest BCUT2D eigenvalue weighted by atomic mass is 79.9. The zero-order valence-electron chi connectivity index (χ0n) is 11.0. The Labute approximate surface area is 125 Å². The van der Waals surface area contributed by atoms with Gasteiger partial charge in [-0.1, -0.05) is 22.0 Å². The molecule has 4 heteroatoms. The maximum absolute atomic E-state index is 13.4. The third kappa shape index (κ3) is 2.34. The standard InChI is InChI=1S/C16H14BrFO2/c1-9-2-3-12(18)8-13(9)15(19)14-7-11(17)6-10-4-5-20-16(10)14/h2-3,6-8,15,19H,4-5H2,1H3. The second kappa shape index (κ2) is 5.19. The summed E-state index contributed by atoms with van der Waals surface area (Å²) >= 11 is 3.45. The number of ether oxygens (including phenoxy) is 1. The summed E-state index contributed by atoms with van der Waals surface area (Å²) < 4.78 is 19.9. The first kappa shape index (κ1) is 13.6. The largest absolute Gasteiger partial charge is 0.493 e. The number of rotatable bonds is 2. The van der Waals surface area contributed by atoms with Crippen LogP contribution < -0.4 is 4.74 Å². The average Bonchev–Trinajstić information content (AvgIpc) is 2.87. The van der Waals surface area contributed by atoms with E-state index in [4.69, 9.17) is 4.74 Å². The summed E-state index contributed by atoms with van der Waals surface area (Å²) in [7, 11) is 0. The Morgan fingerprint density at radius 2 is 2.05 bits per heavy atom. The molecule has 0 saturated heterocycles. The Morgan fingerprint density at radius 1 is 1.25 bits per heavy atom. The van der Waals surface area contributed by atoms with Crippen LogP contribution in [-0.4, -0.2) is 11.7 Å².